The molecule has 6 nitrogen and oxygen atoms in total. The molecule has 1 atom stereocenters. The van der Waals surface area contributed by atoms with Crippen molar-refractivity contribution in [2.24, 2.45) is 0 Å². The van der Waals surface area contributed by atoms with Crippen LogP contribution in [0.4, 0.5) is 0 Å². The predicted molar refractivity (Wildman–Crippen MR) is 79.2 cm³/mol. The molecule has 1 aromatic heterocycles. The highest BCUT2D eigenvalue weighted by molar-refractivity contribution is 5.94. The van der Waals surface area contributed by atoms with Crippen molar-refractivity contribution in [1.82, 2.24) is 14.8 Å². The van der Waals surface area contributed by atoms with E-state index in [1.165, 1.54) is 18.5 Å². The summed E-state index contributed by atoms with van der Waals surface area (Å²) in [6, 6.07) is 1.42. The smallest absolute Gasteiger partial charge is 0.255 e. The van der Waals surface area contributed by atoms with Gasteiger partial charge in [-0.15, -0.1) is 0 Å². The maximum absolute atomic E-state index is 12.4. The van der Waals surface area contributed by atoms with Crippen LogP contribution in [0.2, 0.25) is 0 Å². The number of likely N-dealkylation sites (N-methyl/N-ethyl adjacent to an activating group) is 1. The predicted octanol–water partition coefficient (Wildman–Crippen LogP) is 0.706. The fourth-order valence-corrected chi connectivity index (χ4v) is 2.86. The molecule has 1 fully saturated rings. The van der Waals surface area contributed by atoms with Crippen molar-refractivity contribution in [3.63, 3.8) is 0 Å². The number of aromatic nitrogens is 1. The molecule has 0 radical (unpaired) electrons. The minimum Gasteiger partial charge on any atom is -0.506 e. The number of hydrogen-bond donors (Lipinski definition) is 2. The Hall–Kier alpha value is -1.66. The average molecular weight is 293 g/mol. The summed E-state index contributed by atoms with van der Waals surface area (Å²) in [7, 11) is 3.87. The van der Waals surface area contributed by atoms with Crippen LogP contribution < -0.4 is 0 Å². The Bertz CT molecular complexity index is 507. The Morgan fingerprint density at radius 3 is 2.81 bits per heavy atom. The van der Waals surface area contributed by atoms with E-state index in [-0.39, 0.29) is 11.7 Å². The van der Waals surface area contributed by atoms with Gasteiger partial charge in [0.25, 0.3) is 5.91 Å². The number of nitrogens with zero attached hydrogens (tertiary/aromatic N) is 3. The molecule has 0 saturated carbocycles. The molecular weight excluding hydrogens is 270 g/mol. The molecule has 116 valence electrons. The zero-order chi connectivity index (χ0) is 15.5. The molecule has 1 aliphatic heterocycles. The standard InChI is InChI=1S/C15H23N3O3/c1-17(2)11-15(21)4-3-6-18(7-5-15)14(20)12-8-13(19)10-16-9-12/h8-10,19,21H,3-7,11H2,1-2H3/t15-/m0/s1. The lowest BCUT2D eigenvalue weighted by Crippen LogP contribution is -2.41. The van der Waals surface area contributed by atoms with Crippen LogP contribution in [0.1, 0.15) is 29.6 Å². The highest BCUT2D eigenvalue weighted by atomic mass is 16.3. The van der Waals surface area contributed by atoms with E-state index in [0.29, 0.717) is 38.0 Å². The first-order valence-corrected chi connectivity index (χ1v) is 7.20. The lowest BCUT2D eigenvalue weighted by Gasteiger charge is -2.29. The molecule has 2 rings (SSSR count). The fourth-order valence-electron chi connectivity index (χ4n) is 2.86. The molecule has 1 saturated heterocycles. The van der Waals surface area contributed by atoms with Gasteiger partial charge in [-0.3, -0.25) is 9.78 Å². The molecule has 0 unspecified atom stereocenters. The van der Waals surface area contributed by atoms with Crippen LogP contribution in [0.3, 0.4) is 0 Å². The van der Waals surface area contributed by atoms with Gasteiger partial charge in [-0.05, 0) is 39.4 Å². The van der Waals surface area contributed by atoms with E-state index in [9.17, 15) is 15.0 Å². The molecule has 0 aromatic carbocycles. The third kappa shape index (κ3) is 4.15. The summed E-state index contributed by atoms with van der Waals surface area (Å²) < 4.78 is 0. The molecule has 1 amide bonds. The topological polar surface area (TPSA) is 76.9 Å². The van der Waals surface area contributed by atoms with Gasteiger partial charge < -0.3 is 20.0 Å². The quantitative estimate of drug-likeness (QED) is 0.858. The van der Waals surface area contributed by atoms with E-state index in [0.717, 1.165) is 6.42 Å². The number of aromatic hydroxyl groups is 1. The number of likely N-dealkylation sites (tertiary alicyclic amines) is 1. The fraction of sp³-hybridized carbons (Fsp3) is 0.600. The number of carbonyl (C=O) groups excluding carboxylic acids is 1. The van der Waals surface area contributed by atoms with Crippen molar-refractivity contribution in [2.45, 2.75) is 24.9 Å². The molecule has 2 heterocycles. The Morgan fingerprint density at radius 1 is 1.38 bits per heavy atom. The van der Waals surface area contributed by atoms with Gasteiger partial charge in [-0.25, -0.2) is 0 Å². The maximum atomic E-state index is 12.4. The van der Waals surface area contributed by atoms with Crippen LogP contribution in [0.25, 0.3) is 0 Å². The first kappa shape index (κ1) is 15.7. The minimum absolute atomic E-state index is 0.0141. The molecule has 21 heavy (non-hydrogen) atoms. The van der Waals surface area contributed by atoms with Crippen molar-refractivity contribution in [3.8, 4) is 5.75 Å². The summed E-state index contributed by atoms with van der Waals surface area (Å²) >= 11 is 0. The number of amides is 1. The average Bonchev–Trinajstić information content (AvgIpc) is 2.59. The Balaban J connectivity index is 2.04. The zero-order valence-corrected chi connectivity index (χ0v) is 12.6. The highest BCUT2D eigenvalue weighted by Gasteiger charge is 2.32. The summed E-state index contributed by atoms with van der Waals surface area (Å²) in [5, 5.41) is 20.0. The van der Waals surface area contributed by atoms with Gasteiger partial charge in [-0.2, -0.15) is 0 Å². The first-order valence-electron chi connectivity index (χ1n) is 7.20. The van der Waals surface area contributed by atoms with Crippen LogP contribution >= 0.6 is 0 Å². The second-order valence-electron chi connectivity index (χ2n) is 6.04. The van der Waals surface area contributed by atoms with Gasteiger partial charge in [0, 0.05) is 25.8 Å². The lowest BCUT2D eigenvalue weighted by molar-refractivity contribution is 0.00304. The van der Waals surface area contributed by atoms with E-state index in [4.69, 9.17) is 0 Å². The summed E-state index contributed by atoms with van der Waals surface area (Å²) in [5.41, 5.74) is -0.358. The van der Waals surface area contributed by atoms with Crippen molar-refractivity contribution in [1.29, 1.82) is 0 Å². The van der Waals surface area contributed by atoms with E-state index in [2.05, 4.69) is 4.98 Å². The highest BCUT2D eigenvalue weighted by Crippen LogP contribution is 2.24. The number of carbonyl (C=O) groups is 1. The van der Waals surface area contributed by atoms with Crippen molar-refractivity contribution >= 4 is 5.91 Å². The van der Waals surface area contributed by atoms with Gasteiger partial charge >= 0.3 is 0 Å². The summed E-state index contributed by atoms with van der Waals surface area (Å²) in [4.78, 5) is 20.0. The summed E-state index contributed by atoms with van der Waals surface area (Å²) in [5.74, 6) is -0.160. The first-order chi connectivity index (χ1) is 9.89. The third-order valence-corrected chi connectivity index (χ3v) is 3.79. The van der Waals surface area contributed by atoms with Gasteiger partial charge in [-0.1, -0.05) is 0 Å². The minimum atomic E-state index is -0.740. The maximum Gasteiger partial charge on any atom is 0.255 e. The number of hydrogen-bond acceptors (Lipinski definition) is 5. The van der Waals surface area contributed by atoms with Crippen LogP contribution in [0.15, 0.2) is 18.5 Å². The van der Waals surface area contributed by atoms with E-state index in [1.54, 1.807) is 4.90 Å². The molecular formula is C15H23N3O3. The van der Waals surface area contributed by atoms with Gasteiger partial charge in [0.15, 0.2) is 0 Å². The molecule has 0 spiro atoms. The van der Waals surface area contributed by atoms with E-state index < -0.39 is 5.60 Å². The molecule has 1 aliphatic rings. The monoisotopic (exact) mass is 293 g/mol. The number of aliphatic hydroxyl groups is 1. The normalized spacial score (nSPS) is 23.1. The second kappa shape index (κ2) is 6.41. The van der Waals surface area contributed by atoms with Crippen LogP contribution in [-0.4, -0.2) is 70.2 Å². The zero-order valence-electron chi connectivity index (χ0n) is 12.6. The van der Waals surface area contributed by atoms with E-state index in [1.807, 2.05) is 19.0 Å². The molecule has 6 heteroatoms. The SMILES string of the molecule is CN(C)C[C@]1(O)CCCN(C(=O)c2cncc(O)c2)CC1. The van der Waals surface area contributed by atoms with Crippen LogP contribution in [-0.2, 0) is 0 Å². The largest absolute Gasteiger partial charge is 0.506 e. The molecule has 0 aliphatic carbocycles. The van der Waals surface area contributed by atoms with Gasteiger partial charge in [0.2, 0.25) is 0 Å². The van der Waals surface area contributed by atoms with Crippen LogP contribution in [0, 0.1) is 0 Å². The third-order valence-electron chi connectivity index (χ3n) is 3.79. The van der Waals surface area contributed by atoms with Crippen LogP contribution in [0.5, 0.6) is 5.75 Å². The lowest BCUT2D eigenvalue weighted by atomic mass is 9.94. The van der Waals surface area contributed by atoms with E-state index >= 15 is 0 Å². The molecule has 2 N–H and O–H groups in total. The van der Waals surface area contributed by atoms with Gasteiger partial charge in [0.05, 0.1) is 17.4 Å². The molecule has 0 bridgehead atoms. The number of pyridine rings is 1. The van der Waals surface area contributed by atoms with Crippen molar-refractivity contribution < 1.29 is 15.0 Å². The Labute approximate surface area is 125 Å². The number of rotatable bonds is 3. The van der Waals surface area contributed by atoms with Crippen molar-refractivity contribution in [2.75, 3.05) is 33.7 Å². The summed E-state index contributed by atoms with van der Waals surface area (Å²) in [6.45, 7) is 1.73. The Morgan fingerprint density at radius 2 is 2.14 bits per heavy atom. The molecule has 1 aromatic rings. The van der Waals surface area contributed by atoms with Gasteiger partial charge in [0.1, 0.15) is 5.75 Å². The second-order valence-corrected chi connectivity index (χ2v) is 6.04. The van der Waals surface area contributed by atoms with Crippen molar-refractivity contribution in [3.05, 3.63) is 24.0 Å². The summed E-state index contributed by atoms with van der Waals surface area (Å²) in [6.07, 6.45) is 4.77. The Kier molecular flexibility index (Phi) is 4.80.